The molecule has 5 heteroatoms. The van der Waals surface area contributed by atoms with E-state index in [4.69, 9.17) is 15.0 Å². The Morgan fingerprint density at radius 1 is 1.35 bits per heavy atom. The minimum absolute atomic E-state index is 0.364. The summed E-state index contributed by atoms with van der Waals surface area (Å²) in [6, 6.07) is 7.46. The van der Waals surface area contributed by atoms with Crippen molar-refractivity contribution >= 4 is 5.69 Å². The van der Waals surface area contributed by atoms with Gasteiger partial charge in [0.05, 0.1) is 0 Å². The van der Waals surface area contributed by atoms with Crippen LogP contribution in [0, 0.1) is 0 Å². The third-order valence-electron chi connectivity index (χ3n) is 3.80. The third kappa shape index (κ3) is 2.29. The number of anilines is 1. The molecule has 0 radical (unpaired) electrons. The number of hydrogen-bond donors (Lipinski definition) is 1. The van der Waals surface area contributed by atoms with Gasteiger partial charge in [0.15, 0.2) is 0 Å². The number of nitrogen functional groups attached to an aromatic ring is 1. The predicted molar refractivity (Wildman–Crippen MR) is 75.9 cm³/mol. The summed E-state index contributed by atoms with van der Waals surface area (Å²) < 4.78 is 11.3. The van der Waals surface area contributed by atoms with E-state index in [-0.39, 0.29) is 5.60 Å². The van der Waals surface area contributed by atoms with E-state index in [2.05, 4.69) is 10.1 Å². The first-order chi connectivity index (χ1) is 9.73. The zero-order valence-electron chi connectivity index (χ0n) is 11.6. The molecule has 106 valence electrons. The normalized spacial score (nSPS) is 17.4. The van der Waals surface area contributed by atoms with E-state index in [0.29, 0.717) is 24.0 Å². The number of nitrogens with zero attached hydrogens (tertiary/aromatic N) is 2. The topological polar surface area (TPSA) is 74.2 Å². The van der Waals surface area contributed by atoms with Gasteiger partial charge in [-0.25, -0.2) is 0 Å². The Bertz CT molecular complexity index is 588. The standard InChI is InChI=1S/C15H19N3O2/c1-2-19-15(8-3-4-9-15)14-17-13(20-18-14)11-6-5-7-12(16)10-11/h5-7,10H,2-4,8-9,16H2,1H3. The minimum atomic E-state index is -0.364. The fourth-order valence-electron chi connectivity index (χ4n) is 2.85. The Kier molecular flexibility index (Phi) is 3.44. The van der Waals surface area contributed by atoms with Crippen molar-refractivity contribution in [3.63, 3.8) is 0 Å². The molecule has 0 spiro atoms. The SMILES string of the molecule is CCOC1(c2noc(-c3cccc(N)c3)n2)CCCC1. The van der Waals surface area contributed by atoms with E-state index in [1.807, 2.05) is 31.2 Å². The number of rotatable bonds is 4. The summed E-state index contributed by atoms with van der Waals surface area (Å²) in [5, 5.41) is 4.14. The first-order valence-electron chi connectivity index (χ1n) is 7.07. The summed E-state index contributed by atoms with van der Waals surface area (Å²) >= 11 is 0. The lowest BCUT2D eigenvalue weighted by molar-refractivity contribution is -0.0469. The highest BCUT2D eigenvalue weighted by atomic mass is 16.5. The van der Waals surface area contributed by atoms with Crippen molar-refractivity contribution in [2.75, 3.05) is 12.3 Å². The van der Waals surface area contributed by atoms with Gasteiger partial charge < -0.3 is 15.0 Å². The van der Waals surface area contributed by atoms with Crippen LogP contribution in [0.1, 0.15) is 38.4 Å². The average Bonchev–Trinajstić information content (AvgIpc) is 3.08. The molecular formula is C15H19N3O2. The van der Waals surface area contributed by atoms with Gasteiger partial charge in [0.1, 0.15) is 5.60 Å². The lowest BCUT2D eigenvalue weighted by Crippen LogP contribution is -2.27. The van der Waals surface area contributed by atoms with E-state index in [1.165, 1.54) is 0 Å². The van der Waals surface area contributed by atoms with Gasteiger partial charge in [-0.2, -0.15) is 4.98 Å². The second-order valence-electron chi connectivity index (χ2n) is 5.18. The van der Waals surface area contributed by atoms with Gasteiger partial charge in [-0.3, -0.25) is 0 Å². The molecule has 3 rings (SSSR count). The largest absolute Gasteiger partial charge is 0.399 e. The van der Waals surface area contributed by atoms with Crippen LogP contribution in [-0.2, 0) is 10.3 Å². The maximum absolute atomic E-state index is 5.94. The van der Waals surface area contributed by atoms with Crippen LogP contribution in [0.15, 0.2) is 28.8 Å². The minimum Gasteiger partial charge on any atom is -0.399 e. The molecular weight excluding hydrogens is 254 g/mol. The molecule has 2 N–H and O–H groups in total. The maximum atomic E-state index is 5.94. The highest BCUT2D eigenvalue weighted by Crippen LogP contribution is 2.41. The van der Waals surface area contributed by atoms with E-state index in [9.17, 15) is 0 Å². The molecule has 1 fully saturated rings. The molecule has 1 heterocycles. The second kappa shape index (κ2) is 5.25. The van der Waals surface area contributed by atoms with Crippen LogP contribution in [0.2, 0.25) is 0 Å². The number of aromatic nitrogens is 2. The zero-order chi connectivity index (χ0) is 14.0. The average molecular weight is 273 g/mol. The highest BCUT2D eigenvalue weighted by Gasteiger charge is 2.40. The predicted octanol–water partition coefficient (Wildman–Crippen LogP) is 3.12. The van der Waals surface area contributed by atoms with Crippen LogP contribution in [0.5, 0.6) is 0 Å². The molecule has 0 aliphatic heterocycles. The first-order valence-corrected chi connectivity index (χ1v) is 7.07. The molecule has 0 saturated heterocycles. The fourth-order valence-corrected chi connectivity index (χ4v) is 2.85. The van der Waals surface area contributed by atoms with E-state index < -0.39 is 0 Å². The summed E-state index contributed by atoms with van der Waals surface area (Å²) in [5.41, 5.74) is 6.94. The Balaban J connectivity index is 1.93. The monoisotopic (exact) mass is 273 g/mol. The lowest BCUT2D eigenvalue weighted by Gasteiger charge is -2.24. The Hall–Kier alpha value is -1.88. The third-order valence-corrected chi connectivity index (χ3v) is 3.80. The zero-order valence-corrected chi connectivity index (χ0v) is 11.6. The van der Waals surface area contributed by atoms with Crippen molar-refractivity contribution in [2.24, 2.45) is 0 Å². The van der Waals surface area contributed by atoms with Crippen LogP contribution < -0.4 is 5.73 Å². The van der Waals surface area contributed by atoms with Gasteiger partial charge in [-0.15, -0.1) is 0 Å². The highest BCUT2D eigenvalue weighted by molar-refractivity contribution is 5.59. The molecule has 1 aromatic carbocycles. The summed E-state index contributed by atoms with van der Waals surface area (Å²) in [7, 11) is 0. The van der Waals surface area contributed by atoms with Crippen molar-refractivity contribution in [2.45, 2.75) is 38.2 Å². The summed E-state index contributed by atoms with van der Waals surface area (Å²) in [4.78, 5) is 4.54. The molecule has 5 nitrogen and oxygen atoms in total. The molecule has 1 aliphatic rings. The van der Waals surface area contributed by atoms with Gasteiger partial charge in [0.25, 0.3) is 5.89 Å². The van der Waals surface area contributed by atoms with Gasteiger partial charge in [0.2, 0.25) is 5.82 Å². The van der Waals surface area contributed by atoms with Crippen molar-refractivity contribution in [3.8, 4) is 11.5 Å². The fraction of sp³-hybridized carbons (Fsp3) is 0.467. The molecule has 0 unspecified atom stereocenters. The van der Waals surface area contributed by atoms with Crippen LogP contribution in [-0.4, -0.2) is 16.7 Å². The molecule has 0 bridgehead atoms. The van der Waals surface area contributed by atoms with Crippen molar-refractivity contribution in [1.29, 1.82) is 0 Å². The van der Waals surface area contributed by atoms with Gasteiger partial charge in [-0.05, 0) is 50.8 Å². The molecule has 1 aromatic heterocycles. The van der Waals surface area contributed by atoms with Crippen molar-refractivity contribution in [1.82, 2.24) is 10.1 Å². The summed E-state index contributed by atoms with van der Waals surface area (Å²) in [6.07, 6.45) is 4.19. The van der Waals surface area contributed by atoms with Gasteiger partial charge in [-0.1, -0.05) is 11.2 Å². The summed E-state index contributed by atoms with van der Waals surface area (Å²) in [5.74, 6) is 1.16. The number of ether oxygens (including phenoxy) is 1. The van der Waals surface area contributed by atoms with E-state index in [0.717, 1.165) is 31.2 Å². The van der Waals surface area contributed by atoms with Crippen LogP contribution in [0.25, 0.3) is 11.5 Å². The van der Waals surface area contributed by atoms with E-state index >= 15 is 0 Å². The Morgan fingerprint density at radius 2 is 2.15 bits per heavy atom. The van der Waals surface area contributed by atoms with Gasteiger partial charge >= 0.3 is 0 Å². The smallest absolute Gasteiger partial charge is 0.258 e. The quantitative estimate of drug-likeness (QED) is 0.866. The van der Waals surface area contributed by atoms with Crippen LogP contribution >= 0.6 is 0 Å². The van der Waals surface area contributed by atoms with Crippen LogP contribution in [0.3, 0.4) is 0 Å². The molecule has 1 saturated carbocycles. The molecule has 1 aliphatic carbocycles. The molecule has 0 atom stereocenters. The second-order valence-corrected chi connectivity index (χ2v) is 5.18. The van der Waals surface area contributed by atoms with Crippen LogP contribution in [0.4, 0.5) is 5.69 Å². The number of benzene rings is 1. The van der Waals surface area contributed by atoms with Crippen molar-refractivity contribution < 1.29 is 9.26 Å². The molecule has 20 heavy (non-hydrogen) atoms. The summed E-state index contributed by atoms with van der Waals surface area (Å²) in [6.45, 7) is 2.65. The lowest BCUT2D eigenvalue weighted by atomic mass is 10.0. The molecule has 0 amide bonds. The number of hydrogen-bond acceptors (Lipinski definition) is 5. The Morgan fingerprint density at radius 3 is 2.85 bits per heavy atom. The first kappa shape index (κ1) is 13.1. The van der Waals surface area contributed by atoms with Gasteiger partial charge in [0, 0.05) is 17.9 Å². The van der Waals surface area contributed by atoms with Crippen molar-refractivity contribution in [3.05, 3.63) is 30.1 Å². The molecule has 2 aromatic rings. The number of nitrogens with two attached hydrogens (primary N) is 1. The van der Waals surface area contributed by atoms with E-state index in [1.54, 1.807) is 0 Å². The maximum Gasteiger partial charge on any atom is 0.258 e. The Labute approximate surface area is 118 Å².